The summed E-state index contributed by atoms with van der Waals surface area (Å²) in [6, 6.07) is 150. The van der Waals surface area contributed by atoms with Crippen LogP contribution in [0.15, 0.2) is 406 Å². The first-order chi connectivity index (χ1) is 65.0. The highest BCUT2D eigenvalue weighted by Gasteiger charge is 2.28. The maximum atomic E-state index is 2.47. The summed E-state index contributed by atoms with van der Waals surface area (Å²) < 4.78 is 7.29. The molecule has 0 atom stereocenters. The summed E-state index contributed by atoms with van der Waals surface area (Å²) in [5, 5.41) is 23.3. The smallest absolute Gasteiger partial charge is 0.0541 e. The lowest BCUT2D eigenvalue weighted by Gasteiger charge is -2.24. The Labute approximate surface area is 786 Å². The Bertz CT molecular complexity index is 8650. The molecule has 0 N–H and O–H groups in total. The van der Waals surface area contributed by atoms with Crippen molar-refractivity contribution in [3.05, 3.63) is 451 Å². The molecule has 24 rings (SSSR count). The Balaban J connectivity index is 0.000000117. The van der Waals surface area contributed by atoms with Crippen molar-refractivity contribution < 1.29 is 0 Å². The number of aryl methyl sites for hydroxylation is 5. The first-order valence-electron chi connectivity index (χ1n) is 47.4. The van der Waals surface area contributed by atoms with Crippen molar-refractivity contribution in [2.24, 2.45) is 0 Å². The number of aromatic nitrogens is 3. The van der Waals surface area contributed by atoms with Crippen molar-refractivity contribution in [1.82, 2.24) is 13.7 Å². The van der Waals surface area contributed by atoms with Gasteiger partial charge in [0.15, 0.2) is 0 Å². The lowest BCUT2D eigenvalue weighted by Crippen LogP contribution is -2.11. The molecule has 0 aliphatic heterocycles. The van der Waals surface area contributed by atoms with Crippen LogP contribution in [0.25, 0.3) is 214 Å². The van der Waals surface area contributed by atoms with Gasteiger partial charge in [-0.2, -0.15) is 0 Å². The fraction of sp³-hybridized carbons (Fsp3) is 0.130. The van der Waals surface area contributed by atoms with Crippen LogP contribution in [0.4, 0.5) is 0 Å². The third-order valence-electron chi connectivity index (χ3n) is 28.4. The van der Waals surface area contributed by atoms with Crippen LogP contribution in [-0.4, -0.2) is 13.7 Å². The molecule has 0 saturated heterocycles. The standard InChI is InChI=1S/C48H45N.C44H37N.C39H27N/c1-30-28-44(49-42-19-13-11-15-35(42)36-16-12-14-20-43(36)49)31(2)27-40(30)46-38-18-10-9-17-37(38)45(32-21-23-33(24-22-32)47(3,4)5)41-29-34(48(6,7)8)25-26-39(41)46;1-28-26-41(45-39-21-13-11-17-32(39)33-18-12-14-22-40(33)45)29(2)25-37(28)43-35-20-10-9-19-34(35)42(30-15-7-6-8-16-30)38-27-31(44(3,4)5)23-24-36(38)43;1-26-19-24-37-35(25-26)30-13-9-10-18-36(30)40(37)29-22-20-28(21-23-29)39-33-16-7-5-14-31(33)38(27-11-3-2-4-12-27)32-15-6-8-17-34(32)39/h9-29H,1-8H3;6-27H,1-5H3;2-25H,1H3. The molecule has 0 bridgehead atoms. The minimum atomic E-state index is 0.0316. The minimum Gasteiger partial charge on any atom is -0.309 e. The number of hydrogen-bond acceptors (Lipinski definition) is 0. The Morgan fingerprint density at radius 1 is 0.164 bits per heavy atom. The van der Waals surface area contributed by atoms with E-state index in [-0.39, 0.29) is 16.2 Å². The normalized spacial score (nSPS) is 12.1. The summed E-state index contributed by atoms with van der Waals surface area (Å²) in [6.45, 7) is 32.0. The summed E-state index contributed by atoms with van der Waals surface area (Å²) in [5.74, 6) is 0. The van der Waals surface area contributed by atoms with E-state index in [2.05, 4.69) is 517 Å². The molecule has 0 amide bonds. The van der Waals surface area contributed by atoms with E-state index in [0.717, 1.165) is 0 Å². The molecule has 3 aromatic heterocycles. The monoisotopic (exact) mass is 1720 g/mol. The molecule has 0 saturated carbocycles. The topological polar surface area (TPSA) is 14.8 Å². The summed E-state index contributed by atoms with van der Waals surface area (Å²) in [4.78, 5) is 0. The molecule has 0 fully saturated rings. The zero-order valence-corrected chi connectivity index (χ0v) is 79.0. The van der Waals surface area contributed by atoms with Gasteiger partial charge in [-0.15, -0.1) is 0 Å². The number of para-hydroxylation sites is 5. The van der Waals surface area contributed by atoms with Crippen LogP contribution in [0.5, 0.6) is 0 Å². The van der Waals surface area contributed by atoms with Crippen LogP contribution in [0.1, 0.15) is 107 Å². The van der Waals surface area contributed by atoms with Gasteiger partial charge >= 0.3 is 0 Å². The Kier molecular flexibility index (Phi) is 20.8. The van der Waals surface area contributed by atoms with Gasteiger partial charge in [-0.05, 0) is 312 Å². The van der Waals surface area contributed by atoms with Gasteiger partial charge in [-0.25, -0.2) is 0 Å². The molecular formula is C131H109N3. The number of nitrogens with zero attached hydrogens (tertiary/aromatic N) is 3. The zero-order chi connectivity index (χ0) is 91.7. The summed E-state index contributed by atoms with van der Waals surface area (Å²) in [7, 11) is 0. The average molecular weight is 1730 g/mol. The second-order valence-electron chi connectivity index (χ2n) is 40.1. The second kappa shape index (κ2) is 33.1. The molecule has 134 heavy (non-hydrogen) atoms. The molecule has 648 valence electrons. The summed E-state index contributed by atoms with van der Waals surface area (Å²) in [5.41, 5.74) is 37.1. The van der Waals surface area contributed by atoms with Gasteiger partial charge in [0.05, 0.1) is 33.1 Å². The van der Waals surface area contributed by atoms with E-state index < -0.39 is 0 Å². The largest absolute Gasteiger partial charge is 0.309 e. The van der Waals surface area contributed by atoms with Gasteiger partial charge in [0.1, 0.15) is 0 Å². The van der Waals surface area contributed by atoms with Gasteiger partial charge in [0.2, 0.25) is 0 Å². The maximum Gasteiger partial charge on any atom is 0.0541 e. The molecule has 0 aliphatic rings. The summed E-state index contributed by atoms with van der Waals surface area (Å²) >= 11 is 0. The van der Waals surface area contributed by atoms with Gasteiger partial charge in [-0.3, -0.25) is 0 Å². The summed E-state index contributed by atoms with van der Waals surface area (Å²) in [6.07, 6.45) is 0. The third kappa shape index (κ3) is 14.4. The SMILES string of the molecule is Cc1cc(-n2c3ccccc3c3ccccc32)c(C)cc1-c1c2ccccc2c(-c2ccc(C(C)(C)C)cc2)c2cc(C(C)(C)C)ccc12.Cc1cc(-n2c3ccccc3c3ccccc32)c(C)cc1-c1c2ccccc2c(-c2ccccc2)c2cc(C(C)(C)C)ccc12.Cc1ccc2c(c1)c1ccccc1n2-c1ccc(-c2c3ccccc3c(-c3ccccc3)c3ccccc23)cc1. The predicted octanol–water partition coefficient (Wildman–Crippen LogP) is 36.7. The molecular weight excluding hydrogens is 1620 g/mol. The molecule has 0 unspecified atom stereocenters. The van der Waals surface area contributed by atoms with E-state index in [4.69, 9.17) is 0 Å². The van der Waals surface area contributed by atoms with Crippen LogP contribution in [-0.2, 0) is 16.2 Å². The van der Waals surface area contributed by atoms with Crippen molar-refractivity contribution >= 4 is 130 Å². The van der Waals surface area contributed by atoms with Crippen molar-refractivity contribution in [3.63, 3.8) is 0 Å². The van der Waals surface area contributed by atoms with Gasteiger partial charge in [0, 0.05) is 49.4 Å². The van der Waals surface area contributed by atoms with E-state index >= 15 is 0 Å². The highest BCUT2D eigenvalue weighted by Crippen LogP contribution is 2.52. The van der Waals surface area contributed by atoms with Gasteiger partial charge < -0.3 is 13.7 Å². The number of fused-ring (bicyclic) bond motifs is 15. The average Bonchev–Trinajstić information content (AvgIpc) is 0.793. The molecule has 3 nitrogen and oxygen atoms in total. The highest BCUT2D eigenvalue weighted by molar-refractivity contribution is 6.25. The predicted molar refractivity (Wildman–Crippen MR) is 580 cm³/mol. The van der Waals surface area contributed by atoms with E-state index in [1.54, 1.807) is 0 Å². The van der Waals surface area contributed by atoms with E-state index in [9.17, 15) is 0 Å². The molecule has 0 spiro atoms. The van der Waals surface area contributed by atoms with E-state index in [1.807, 2.05) is 0 Å². The van der Waals surface area contributed by atoms with Crippen molar-refractivity contribution in [2.45, 2.75) is 113 Å². The quantitative estimate of drug-likeness (QED) is 0.128. The lowest BCUT2D eigenvalue weighted by atomic mass is 9.80. The van der Waals surface area contributed by atoms with Crippen molar-refractivity contribution in [3.8, 4) is 83.8 Å². The fourth-order valence-corrected chi connectivity index (χ4v) is 21.7. The molecule has 3 heterocycles. The van der Waals surface area contributed by atoms with Gasteiger partial charge in [-0.1, -0.05) is 383 Å². The number of rotatable bonds is 9. The van der Waals surface area contributed by atoms with Crippen LogP contribution in [0.2, 0.25) is 0 Å². The van der Waals surface area contributed by atoms with Gasteiger partial charge in [0.25, 0.3) is 0 Å². The highest BCUT2D eigenvalue weighted by atomic mass is 15.0. The van der Waals surface area contributed by atoms with Crippen LogP contribution in [0, 0.1) is 34.6 Å². The lowest BCUT2D eigenvalue weighted by molar-refractivity contribution is 0.590. The van der Waals surface area contributed by atoms with Crippen LogP contribution in [0.3, 0.4) is 0 Å². The van der Waals surface area contributed by atoms with Crippen molar-refractivity contribution in [2.75, 3.05) is 0 Å². The van der Waals surface area contributed by atoms with E-state index in [1.165, 1.54) is 258 Å². The maximum absolute atomic E-state index is 2.47. The first kappa shape index (κ1) is 84.1. The number of benzene rings is 21. The Hall–Kier alpha value is -15.4. The fourth-order valence-electron chi connectivity index (χ4n) is 21.7. The first-order valence-corrected chi connectivity index (χ1v) is 47.4. The zero-order valence-electron chi connectivity index (χ0n) is 79.0. The minimum absolute atomic E-state index is 0.0316. The Morgan fingerprint density at radius 2 is 0.418 bits per heavy atom. The molecule has 21 aromatic carbocycles. The van der Waals surface area contributed by atoms with E-state index in [0.29, 0.717) is 0 Å². The number of hydrogen-bond donors (Lipinski definition) is 0. The molecule has 24 aromatic rings. The second-order valence-corrected chi connectivity index (χ2v) is 40.1. The van der Waals surface area contributed by atoms with Crippen LogP contribution >= 0.6 is 0 Å². The van der Waals surface area contributed by atoms with Crippen molar-refractivity contribution in [1.29, 1.82) is 0 Å². The third-order valence-corrected chi connectivity index (χ3v) is 28.4. The molecule has 3 heteroatoms. The van der Waals surface area contributed by atoms with Crippen LogP contribution < -0.4 is 0 Å². The molecule has 0 radical (unpaired) electrons. The molecule has 0 aliphatic carbocycles. The Morgan fingerprint density at radius 3 is 0.754 bits per heavy atom.